The third-order valence-corrected chi connectivity index (χ3v) is 3.80. The molecule has 0 saturated carbocycles. The van der Waals surface area contributed by atoms with Gasteiger partial charge in [0.05, 0.1) is 12.7 Å². The van der Waals surface area contributed by atoms with Crippen molar-refractivity contribution in [3.63, 3.8) is 0 Å². The Morgan fingerprint density at radius 3 is 2.50 bits per heavy atom. The Morgan fingerprint density at radius 2 is 1.88 bits per heavy atom. The zero-order chi connectivity index (χ0) is 17.9. The van der Waals surface area contributed by atoms with Crippen LogP contribution in [-0.2, 0) is 19.0 Å². The SMILES string of the molecule is COC(=O)c1cccc(C2OC(COC(C)=O)C(O)C(O)C2O)c1. The number of esters is 2. The van der Waals surface area contributed by atoms with Gasteiger partial charge in [-0.05, 0) is 17.7 Å². The van der Waals surface area contributed by atoms with E-state index in [0.717, 1.165) is 0 Å². The van der Waals surface area contributed by atoms with Gasteiger partial charge in [0.15, 0.2) is 0 Å². The molecule has 0 bridgehead atoms. The maximum absolute atomic E-state index is 11.6. The number of hydrogen-bond donors (Lipinski definition) is 3. The Morgan fingerprint density at radius 1 is 1.17 bits per heavy atom. The molecule has 1 aliphatic rings. The topological polar surface area (TPSA) is 123 Å². The largest absolute Gasteiger partial charge is 0.465 e. The number of carbonyl (C=O) groups excluding carboxylic acids is 2. The predicted octanol–water partition coefficient (Wildman–Crippen LogP) is -0.441. The van der Waals surface area contributed by atoms with Crippen molar-refractivity contribution < 1.29 is 39.1 Å². The molecule has 8 heteroatoms. The van der Waals surface area contributed by atoms with Gasteiger partial charge in [0.25, 0.3) is 0 Å². The lowest BCUT2D eigenvalue weighted by Crippen LogP contribution is -2.55. The van der Waals surface area contributed by atoms with Crippen molar-refractivity contribution in [1.82, 2.24) is 0 Å². The van der Waals surface area contributed by atoms with Crippen molar-refractivity contribution in [2.24, 2.45) is 0 Å². The summed E-state index contributed by atoms with van der Waals surface area (Å²) in [6.07, 6.45) is -6.35. The second-order valence-electron chi connectivity index (χ2n) is 5.49. The van der Waals surface area contributed by atoms with E-state index in [0.29, 0.717) is 5.56 Å². The van der Waals surface area contributed by atoms with E-state index in [4.69, 9.17) is 9.47 Å². The highest BCUT2D eigenvalue weighted by Gasteiger charge is 2.44. The van der Waals surface area contributed by atoms with Gasteiger partial charge in [-0.25, -0.2) is 4.79 Å². The number of aliphatic hydroxyl groups excluding tert-OH is 3. The lowest BCUT2D eigenvalue weighted by atomic mass is 9.90. The summed E-state index contributed by atoms with van der Waals surface area (Å²) in [7, 11) is 1.25. The molecule has 0 radical (unpaired) electrons. The van der Waals surface area contributed by atoms with Crippen LogP contribution in [0.3, 0.4) is 0 Å². The highest BCUT2D eigenvalue weighted by molar-refractivity contribution is 5.89. The Bertz CT molecular complexity index is 601. The first-order valence-electron chi connectivity index (χ1n) is 7.36. The Balaban J connectivity index is 2.24. The highest BCUT2D eigenvalue weighted by Crippen LogP contribution is 2.33. The summed E-state index contributed by atoms with van der Waals surface area (Å²) in [6, 6.07) is 6.18. The van der Waals surface area contributed by atoms with E-state index in [1.54, 1.807) is 12.1 Å². The molecule has 1 aliphatic heterocycles. The lowest BCUT2D eigenvalue weighted by Gasteiger charge is -2.40. The minimum absolute atomic E-state index is 0.253. The summed E-state index contributed by atoms with van der Waals surface area (Å²) in [6.45, 7) is 0.936. The molecule has 0 spiro atoms. The number of hydrogen-bond acceptors (Lipinski definition) is 8. The monoisotopic (exact) mass is 340 g/mol. The molecular formula is C16H20O8. The van der Waals surface area contributed by atoms with E-state index in [1.807, 2.05) is 0 Å². The molecule has 1 aromatic rings. The van der Waals surface area contributed by atoms with Gasteiger partial charge in [0.2, 0.25) is 0 Å². The van der Waals surface area contributed by atoms with Crippen molar-refractivity contribution in [1.29, 1.82) is 0 Å². The molecule has 1 heterocycles. The molecule has 8 nitrogen and oxygen atoms in total. The minimum atomic E-state index is -1.49. The fourth-order valence-corrected chi connectivity index (χ4v) is 2.52. The van der Waals surface area contributed by atoms with Crippen molar-refractivity contribution in [2.45, 2.75) is 37.4 Å². The van der Waals surface area contributed by atoms with Crippen LogP contribution in [0.4, 0.5) is 0 Å². The molecule has 132 valence electrons. The zero-order valence-corrected chi connectivity index (χ0v) is 13.3. The quantitative estimate of drug-likeness (QED) is 0.631. The molecule has 2 rings (SSSR count). The molecule has 1 saturated heterocycles. The fraction of sp³-hybridized carbons (Fsp3) is 0.500. The van der Waals surface area contributed by atoms with Crippen LogP contribution in [0.5, 0.6) is 0 Å². The van der Waals surface area contributed by atoms with E-state index < -0.39 is 42.5 Å². The Labute approximate surface area is 138 Å². The van der Waals surface area contributed by atoms with Crippen molar-refractivity contribution in [2.75, 3.05) is 13.7 Å². The van der Waals surface area contributed by atoms with Gasteiger partial charge in [-0.3, -0.25) is 4.79 Å². The first-order valence-corrected chi connectivity index (χ1v) is 7.36. The van der Waals surface area contributed by atoms with Gasteiger partial charge < -0.3 is 29.5 Å². The molecule has 0 aromatic heterocycles. The molecular weight excluding hydrogens is 320 g/mol. The fourth-order valence-electron chi connectivity index (χ4n) is 2.52. The maximum atomic E-state index is 11.6. The van der Waals surface area contributed by atoms with Crippen LogP contribution >= 0.6 is 0 Å². The molecule has 0 amide bonds. The van der Waals surface area contributed by atoms with E-state index in [9.17, 15) is 24.9 Å². The number of rotatable bonds is 4. The zero-order valence-electron chi connectivity index (χ0n) is 13.3. The van der Waals surface area contributed by atoms with E-state index in [-0.39, 0.29) is 12.2 Å². The average molecular weight is 340 g/mol. The van der Waals surface area contributed by atoms with E-state index in [2.05, 4.69) is 4.74 Å². The van der Waals surface area contributed by atoms with Crippen LogP contribution in [0.25, 0.3) is 0 Å². The summed E-state index contributed by atoms with van der Waals surface area (Å²) >= 11 is 0. The number of aliphatic hydroxyl groups is 3. The van der Waals surface area contributed by atoms with Crippen molar-refractivity contribution in [3.8, 4) is 0 Å². The van der Waals surface area contributed by atoms with Crippen LogP contribution in [0, 0.1) is 0 Å². The van der Waals surface area contributed by atoms with Gasteiger partial charge in [-0.2, -0.15) is 0 Å². The van der Waals surface area contributed by atoms with Gasteiger partial charge in [-0.15, -0.1) is 0 Å². The first-order chi connectivity index (χ1) is 11.3. The van der Waals surface area contributed by atoms with Crippen molar-refractivity contribution in [3.05, 3.63) is 35.4 Å². The summed E-state index contributed by atoms with van der Waals surface area (Å²) in [5, 5.41) is 30.2. The standard InChI is InChI=1S/C16H20O8/c1-8(17)23-7-11-12(18)13(19)14(20)15(24-11)9-4-3-5-10(6-9)16(21)22-2/h3-6,11-15,18-20H,7H2,1-2H3. The molecule has 5 unspecified atom stereocenters. The molecule has 1 fully saturated rings. The first kappa shape index (κ1) is 18.3. The van der Waals surface area contributed by atoms with Crippen LogP contribution in [0.2, 0.25) is 0 Å². The summed E-state index contributed by atoms with van der Waals surface area (Å²) < 4.78 is 15.0. The summed E-state index contributed by atoms with van der Waals surface area (Å²) in [5.41, 5.74) is 0.673. The second kappa shape index (κ2) is 7.71. The van der Waals surface area contributed by atoms with Crippen LogP contribution < -0.4 is 0 Å². The number of carbonyl (C=O) groups is 2. The predicted molar refractivity (Wildman–Crippen MR) is 80.0 cm³/mol. The summed E-state index contributed by atoms with van der Waals surface area (Å²) in [4.78, 5) is 22.5. The van der Waals surface area contributed by atoms with Crippen LogP contribution in [-0.4, -0.2) is 65.4 Å². The average Bonchev–Trinajstić information content (AvgIpc) is 2.58. The third kappa shape index (κ3) is 3.90. The third-order valence-electron chi connectivity index (χ3n) is 3.80. The van der Waals surface area contributed by atoms with E-state index in [1.165, 1.54) is 26.2 Å². The highest BCUT2D eigenvalue weighted by atomic mass is 16.6. The Kier molecular flexibility index (Phi) is 5.89. The smallest absolute Gasteiger partial charge is 0.337 e. The van der Waals surface area contributed by atoms with Gasteiger partial charge in [-0.1, -0.05) is 12.1 Å². The molecule has 5 atom stereocenters. The number of ether oxygens (including phenoxy) is 3. The van der Waals surface area contributed by atoms with Crippen molar-refractivity contribution >= 4 is 11.9 Å². The van der Waals surface area contributed by atoms with Crippen LogP contribution in [0.15, 0.2) is 24.3 Å². The van der Waals surface area contributed by atoms with Crippen LogP contribution in [0.1, 0.15) is 28.9 Å². The minimum Gasteiger partial charge on any atom is -0.465 e. The molecule has 24 heavy (non-hydrogen) atoms. The lowest BCUT2D eigenvalue weighted by molar-refractivity contribution is -0.234. The Hall–Kier alpha value is -2.00. The van der Waals surface area contributed by atoms with Gasteiger partial charge in [0.1, 0.15) is 37.1 Å². The number of benzene rings is 1. The second-order valence-corrected chi connectivity index (χ2v) is 5.49. The van der Waals surface area contributed by atoms with Gasteiger partial charge in [0, 0.05) is 6.92 Å². The molecule has 0 aliphatic carbocycles. The summed E-state index contributed by atoms with van der Waals surface area (Å²) in [5.74, 6) is -1.12. The maximum Gasteiger partial charge on any atom is 0.337 e. The molecule has 1 aromatic carbocycles. The van der Waals surface area contributed by atoms with E-state index >= 15 is 0 Å². The number of methoxy groups -OCH3 is 1. The molecule has 3 N–H and O–H groups in total. The van der Waals surface area contributed by atoms with Gasteiger partial charge >= 0.3 is 11.9 Å². The normalized spacial score (nSPS) is 29.8.